The van der Waals surface area contributed by atoms with Crippen LogP contribution in [0.2, 0.25) is 0 Å². The first kappa shape index (κ1) is 11.7. The zero-order valence-electron chi connectivity index (χ0n) is 11.7. The number of anilines is 1. The van der Waals surface area contributed by atoms with E-state index in [1.807, 2.05) is 6.20 Å². The van der Waals surface area contributed by atoms with Crippen molar-refractivity contribution in [1.82, 2.24) is 9.97 Å². The lowest BCUT2D eigenvalue weighted by Crippen LogP contribution is -2.53. The zero-order chi connectivity index (χ0) is 12.9. The standard InChI is InChI=1S/C16H23N3/c1-11(19-15-10-17-2-3-18-15)16-7-12-4-13(8-16)6-14(5-12)9-16/h2-3,10-14H,4-9H2,1H3,(H,18,19). The summed E-state index contributed by atoms with van der Waals surface area (Å²) in [4.78, 5) is 8.53. The van der Waals surface area contributed by atoms with E-state index >= 15 is 0 Å². The second kappa shape index (κ2) is 4.19. The monoisotopic (exact) mass is 257 g/mol. The molecule has 4 fully saturated rings. The molecule has 3 heteroatoms. The fourth-order valence-corrected chi connectivity index (χ4v) is 5.46. The minimum atomic E-state index is 0.526. The molecule has 0 aliphatic heterocycles. The van der Waals surface area contributed by atoms with Gasteiger partial charge in [0.1, 0.15) is 5.82 Å². The van der Waals surface area contributed by atoms with Crippen molar-refractivity contribution in [3.63, 3.8) is 0 Å². The molecule has 1 heterocycles. The van der Waals surface area contributed by atoms with Crippen molar-refractivity contribution in [1.29, 1.82) is 0 Å². The van der Waals surface area contributed by atoms with Crippen molar-refractivity contribution in [2.45, 2.75) is 51.5 Å². The van der Waals surface area contributed by atoms with Crippen molar-refractivity contribution in [2.24, 2.45) is 23.2 Å². The Bertz CT molecular complexity index is 421. The lowest BCUT2D eigenvalue weighted by Gasteiger charge is -2.59. The molecule has 0 aromatic carbocycles. The summed E-state index contributed by atoms with van der Waals surface area (Å²) in [6.45, 7) is 2.36. The number of nitrogens with one attached hydrogen (secondary N) is 1. The van der Waals surface area contributed by atoms with Crippen LogP contribution in [0.25, 0.3) is 0 Å². The summed E-state index contributed by atoms with van der Waals surface area (Å²) in [5.41, 5.74) is 0.534. The van der Waals surface area contributed by atoms with Crippen LogP contribution in [-0.4, -0.2) is 16.0 Å². The Morgan fingerprint density at radius 3 is 2.26 bits per heavy atom. The smallest absolute Gasteiger partial charge is 0.144 e. The van der Waals surface area contributed by atoms with E-state index in [9.17, 15) is 0 Å². The first-order valence-corrected chi connectivity index (χ1v) is 7.76. The van der Waals surface area contributed by atoms with Gasteiger partial charge in [0.05, 0.1) is 6.20 Å². The van der Waals surface area contributed by atoms with Gasteiger partial charge in [0.2, 0.25) is 0 Å². The van der Waals surface area contributed by atoms with Gasteiger partial charge < -0.3 is 5.32 Å². The van der Waals surface area contributed by atoms with E-state index in [1.54, 1.807) is 12.4 Å². The number of aromatic nitrogens is 2. The molecule has 0 amide bonds. The Morgan fingerprint density at radius 2 is 1.74 bits per heavy atom. The molecule has 1 unspecified atom stereocenters. The van der Waals surface area contributed by atoms with E-state index in [-0.39, 0.29) is 0 Å². The quantitative estimate of drug-likeness (QED) is 0.900. The summed E-state index contributed by atoms with van der Waals surface area (Å²) in [5.74, 6) is 3.97. The normalized spacial score (nSPS) is 41.2. The van der Waals surface area contributed by atoms with Gasteiger partial charge in [0.15, 0.2) is 0 Å². The molecule has 4 aliphatic rings. The molecular formula is C16H23N3. The molecular weight excluding hydrogens is 234 g/mol. The summed E-state index contributed by atoms with van der Waals surface area (Å²) >= 11 is 0. The highest BCUT2D eigenvalue weighted by atomic mass is 15.0. The number of nitrogens with zero attached hydrogens (tertiary/aromatic N) is 2. The van der Waals surface area contributed by atoms with E-state index in [1.165, 1.54) is 38.5 Å². The Morgan fingerprint density at radius 1 is 1.11 bits per heavy atom. The predicted octanol–water partition coefficient (Wildman–Crippen LogP) is 3.49. The zero-order valence-corrected chi connectivity index (χ0v) is 11.7. The molecule has 1 N–H and O–H groups in total. The van der Waals surface area contributed by atoms with E-state index < -0.39 is 0 Å². The van der Waals surface area contributed by atoms with Crippen LogP contribution in [0.4, 0.5) is 5.82 Å². The summed E-state index contributed by atoms with van der Waals surface area (Å²) in [7, 11) is 0. The lowest BCUT2D eigenvalue weighted by molar-refractivity contribution is -0.0603. The molecule has 4 bridgehead atoms. The van der Waals surface area contributed by atoms with Gasteiger partial charge in [-0.25, -0.2) is 4.98 Å². The van der Waals surface area contributed by atoms with Gasteiger partial charge in [0, 0.05) is 18.4 Å². The first-order valence-electron chi connectivity index (χ1n) is 7.76. The van der Waals surface area contributed by atoms with Crippen LogP contribution in [0.1, 0.15) is 45.4 Å². The van der Waals surface area contributed by atoms with Crippen LogP contribution < -0.4 is 5.32 Å². The van der Waals surface area contributed by atoms with Gasteiger partial charge in [-0.1, -0.05) is 0 Å². The highest BCUT2D eigenvalue weighted by molar-refractivity contribution is 5.32. The highest BCUT2D eigenvalue weighted by Crippen LogP contribution is 2.61. The Hall–Kier alpha value is -1.12. The van der Waals surface area contributed by atoms with Crippen molar-refractivity contribution >= 4 is 5.82 Å². The molecule has 1 atom stereocenters. The van der Waals surface area contributed by atoms with Crippen molar-refractivity contribution in [3.05, 3.63) is 18.6 Å². The third-order valence-corrected chi connectivity index (χ3v) is 5.93. The van der Waals surface area contributed by atoms with E-state index in [4.69, 9.17) is 0 Å². The Kier molecular flexibility index (Phi) is 2.58. The maximum Gasteiger partial charge on any atom is 0.144 e. The van der Waals surface area contributed by atoms with Gasteiger partial charge >= 0.3 is 0 Å². The van der Waals surface area contributed by atoms with Crippen LogP contribution in [0.3, 0.4) is 0 Å². The summed E-state index contributed by atoms with van der Waals surface area (Å²) in [6, 6.07) is 0.526. The molecule has 4 saturated carbocycles. The van der Waals surface area contributed by atoms with Gasteiger partial charge in [-0.15, -0.1) is 0 Å². The van der Waals surface area contributed by atoms with Gasteiger partial charge in [-0.3, -0.25) is 4.98 Å². The largest absolute Gasteiger partial charge is 0.366 e. The number of rotatable bonds is 3. The molecule has 0 radical (unpaired) electrons. The van der Waals surface area contributed by atoms with Crippen molar-refractivity contribution < 1.29 is 0 Å². The number of hydrogen-bond donors (Lipinski definition) is 1. The molecule has 1 aromatic rings. The van der Waals surface area contributed by atoms with E-state index in [0.29, 0.717) is 11.5 Å². The molecule has 1 aromatic heterocycles. The summed E-state index contributed by atoms with van der Waals surface area (Å²) in [5, 5.41) is 3.63. The number of hydrogen-bond acceptors (Lipinski definition) is 3. The van der Waals surface area contributed by atoms with Crippen molar-refractivity contribution in [3.8, 4) is 0 Å². The molecule has 4 aliphatic carbocycles. The van der Waals surface area contributed by atoms with Crippen molar-refractivity contribution in [2.75, 3.05) is 5.32 Å². The van der Waals surface area contributed by atoms with Gasteiger partial charge in [-0.2, -0.15) is 0 Å². The van der Waals surface area contributed by atoms with E-state index in [2.05, 4.69) is 22.2 Å². The molecule has 102 valence electrons. The lowest BCUT2D eigenvalue weighted by atomic mass is 9.48. The Balaban J connectivity index is 1.55. The minimum Gasteiger partial charge on any atom is -0.366 e. The predicted molar refractivity (Wildman–Crippen MR) is 75.7 cm³/mol. The van der Waals surface area contributed by atoms with Gasteiger partial charge in [-0.05, 0) is 68.6 Å². The third kappa shape index (κ3) is 1.94. The molecule has 0 spiro atoms. The minimum absolute atomic E-state index is 0.526. The second-order valence-electron chi connectivity index (χ2n) is 7.24. The van der Waals surface area contributed by atoms with Crippen LogP contribution in [0.15, 0.2) is 18.6 Å². The maximum atomic E-state index is 4.37. The fourth-order valence-electron chi connectivity index (χ4n) is 5.46. The molecule has 0 saturated heterocycles. The first-order chi connectivity index (χ1) is 9.23. The van der Waals surface area contributed by atoms with Crippen LogP contribution in [0, 0.1) is 23.2 Å². The molecule has 19 heavy (non-hydrogen) atoms. The van der Waals surface area contributed by atoms with Crippen LogP contribution in [0.5, 0.6) is 0 Å². The van der Waals surface area contributed by atoms with E-state index in [0.717, 1.165) is 23.6 Å². The highest BCUT2D eigenvalue weighted by Gasteiger charge is 2.53. The van der Waals surface area contributed by atoms with Gasteiger partial charge in [0.25, 0.3) is 0 Å². The van der Waals surface area contributed by atoms with Crippen LogP contribution >= 0.6 is 0 Å². The molecule has 5 rings (SSSR count). The molecule has 3 nitrogen and oxygen atoms in total. The van der Waals surface area contributed by atoms with Crippen LogP contribution in [-0.2, 0) is 0 Å². The second-order valence-corrected chi connectivity index (χ2v) is 7.24. The average Bonchev–Trinajstić information content (AvgIpc) is 2.38. The fraction of sp³-hybridized carbons (Fsp3) is 0.750. The topological polar surface area (TPSA) is 37.8 Å². The Labute approximate surface area is 115 Å². The summed E-state index contributed by atoms with van der Waals surface area (Å²) < 4.78 is 0. The maximum absolute atomic E-state index is 4.37. The SMILES string of the molecule is CC(Nc1cnccn1)C12CC3CC(CC(C3)C1)C2. The third-order valence-electron chi connectivity index (χ3n) is 5.93. The average molecular weight is 257 g/mol. The summed E-state index contributed by atoms with van der Waals surface area (Å²) in [6.07, 6.45) is 14.2.